The van der Waals surface area contributed by atoms with Crippen LogP contribution in [0.2, 0.25) is 0 Å². The summed E-state index contributed by atoms with van der Waals surface area (Å²) in [5.41, 5.74) is 0. The first-order valence-electron chi connectivity index (χ1n) is 0. The number of hydrogen-bond donors (Lipinski definition) is 0. The molecule has 0 aliphatic rings. The predicted molar refractivity (Wildman–Crippen MR) is 23.7 cm³/mol. The van der Waals surface area contributed by atoms with Gasteiger partial charge in [0.25, 0.3) is 0 Å². The Morgan fingerprint density at radius 3 is 1.25 bits per heavy atom. The van der Waals surface area contributed by atoms with Crippen molar-refractivity contribution in [3.05, 3.63) is 0 Å². The third kappa shape index (κ3) is 8.83. The number of rotatable bonds is 0. The van der Waals surface area contributed by atoms with E-state index in [1.165, 1.54) is 0 Å². The topological polar surface area (TPSA) is 0 Å². The van der Waals surface area contributed by atoms with Crippen LogP contribution < -0.4 is 0 Å². The van der Waals surface area contributed by atoms with Crippen molar-refractivity contribution in [2.45, 2.75) is 0 Å². The van der Waals surface area contributed by atoms with Crippen LogP contribution in [-0.4, -0.2) is 63.6 Å². The summed E-state index contributed by atoms with van der Waals surface area (Å²) in [4.78, 5) is 0. The predicted octanol–water partition coefficient (Wildman–Crippen LogP) is -1.72. The maximum atomic E-state index is 0. The van der Waals surface area contributed by atoms with Gasteiger partial charge >= 0.3 is 36.3 Å². The largest absolute Gasteiger partial charge is 1.00 e. The van der Waals surface area contributed by atoms with Crippen LogP contribution in [0.1, 0.15) is 2.85 Å². The zero-order valence-electron chi connectivity index (χ0n) is 4.44. The van der Waals surface area contributed by atoms with Gasteiger partial charge in [0.1, 0.15) is 0 Å². The van der Waals surface area contributed by atoms with Crippen LogP contribution in [-0.2, 0) is 22.4 Å². The van der Waals surface area contributed by atoms with E-state index < -0.39 is 0 Å². The van der Waals surface area contributed by atoms with Gasteiger partial charge in [0.2, 0.25) is 0 Å². The van der Waals surface area contributed by atoms with E-state index in [1.807, 2.05) is 0 Å². The molecule has 0 N–H and O–H groups in total. The first-order valence-corrected chi connectivity index (χ1v) is 0. The van der Waals surface area contributed by atoms with Crippen LogP contribution in [0.15, 0.2) is 0 Å². The molecule has 4 heavy (non-hydrogen) atoms. The molecular weight excluding hydrogens is 515 g/mol. The van der Waals surface area contributed by atoms with Crippen molar-refractivity contribution in [2.75, 3.05) is 0 Å². The van der Waals surface area contributed by atoms with Crippen molar-refractivity contribution in [3.8, 4) is 0 Å². The Labute approximate surface area is 87.5 Å². The molecule has 0 aromatic rings. The molecule has 0 aliphatic heterocycles. The molecule has 0 nitrogen and oxygen atoms in total. The van der Waals surface area contributed by atoms with E-state index in [2.05, 4.69) is 0 Å². The Balaban J connectivity index is 0. The summed E-state index contributed by atoms with van der Waals surface area (Å²) in [5, 5.41) is 0. The Bertz CT molecular complexity index is 13.5. The van der Waals surface area contributed by atoms with E-state index in [0.29, 0.717) is 0 Å². The van der Waals surface area contributed by atoms with E-state index in [-0.39, 0.29) is 88.9 Å². The fourth-order valence-corrected chi connectivity index (χ4v) is 0. The fraction of sp³-hybridized carbons (Fsp3) is 0. The van der Waals surface area contributed by atoms with Crippen LogP contribution in [0.5, 0.6) is 0 Å². The summed E-state index contributed by atoms with van der Waals surface area (Å²) in [5.74, 6) is 0. The summed E-state index contributed by atoms with van der Waals surface area (Å²) in [6.45, 7) is 0. The summed E-state index contributed by atoms with van der Waals surface area (Å²) in [7, 11) is 0. The van der Waals surface area contributed by atoms with Crippen LogP contribution >= 0.6 is 0 Å². The summed E-state index contributed by atoms with van der Waals surface area (Å²) in [6, 6.07) is 0. The minimum Gasteiger partial charge on any atom is -1.00 e. The van der Waals surface area contributed by atoms with Gasteiger partial charge < -0.3 is 2.85 Å². The van der Waals surface area contributed by atoms with E-state index in [0.717, 1.165) is 0 Å². The molecule has 0 aromatic heterocycles. The Hall–Kier alpha value is 2.71. The molecule has 0 saturated carbocycles. The summed E-state index contributed by atoms with van der Waals surface area (Å²) < 4.78 is 0. The molecule has 0 saturated heterocycles. The molecule has 0 bridgehead atoms. The van der Waals surface area contributed by atoms with Gasteiger partial charge in [-0.25, -0.2) is 0 Å². The summed E-state index contributed by atoms with van der Waals surface area (Å²) >= 11 is 0. The van der Waals surface area contributed by atoms with Crippen molar-refractivity contribution >= 4 is 63.6 Å². The molecule has 0 aromatic carbocycles. The Morgan fingerprint density at radius 2 is 1.25 bits per heavy atom. The summed E-state index contributed by atoms with van der Waals surface area (Å²) in [6.07, 6.45) is 0. The monoisotopic (exact) mass is 521 g/mol. The van der Waals surface area contributed by atoms with Crippen LogP contribution in [0.25, 0.3) is 0 Å². The van der Waals surface area contributed by atoms with Crippen LogP contribution in [0.4, 0.5) is 0 Å². The van der Waals surface area contributed by atoms with Gasteiger partial charge in [-0.3, -0.25) is 0 Å². The van der Waals surface area contributed by atoms with Crippen molar-refractivity contribution < 1.29 is 25.2 Å². The van der Waals surface area contributed by atoms with Crippen molar-refractivity contribution in [1.82, 2.24) is 0 Å². The maximum Gasteiger partial charge on any atom is 0 e. The molecule has 0 rings (SSSR count). The maximum absolute atomic E-state index is 0. The normalized spacial score (nSPS) is 0. The van der Waals surface area contributed by atoms with Gasteiger partial charge in [0, 0.05) is 49.7 Å². The first-order chi connectivity index (χ1) is 0. The quantitative estimate of drug-likeness (QED) is 0.334. The number of hydrogen-bond acceptors (Lipinski definition) is 0. The molecular formula is H5BeBiNbTl. The second-order valence-corrected chi connectivity index (χ2v) is 0. The molecule has 20 valence electrons. The van der Waals surface area contributed by atoms with Crippen molar-refractivity contribution in [1.29, 1.82) is 0 Å². The van der Waals surface area contributed by atoms with Gasteiger partial charge in [-0.1, -0.05) is 0 Å². The smallest absolute Gasteiger partial charge is 0 e. The third-order valence-corrected chi connectivity index (χ3v) is 0. The molecule has 4 heteroatoms. The van der Waals surface area contributed by atoms with Gasteiger partial charge in [-0.15, -0.1) is 0 Å². The molecule has 0 unspecified atom stereocenters. The zero-order valence-corrected chi connectivity index (χ0v) is 14.6. The Morgan fingerprint density at radius 1 is 1.25 bits per heavy atom. The van der Waals surface area contributed by atoms with Crippen molar-refractivity contribution in [3.63, 3.8) is 0 Å². The van der Waals surface area contributed by atoms with E-state index in [1.54, 1.807) is 0 Å². The van der Waals surface area contributed by atoms with Gasteiger partial charge in [0.15, 0.2) is 0 Å². The molecule has 0 atom stereocenters. The second kappa shape index (κ2) is 17.2. The van der Waals surface area contributed by atoms with E-state index in [9.17, 15) is 0 Å². The zero-order chi connectivity index (χ0) is 0. The molecule has 2 radical (unpaired) electrons. The van der Waals surface area contributed by atoms with Gasteiger partial charge in [-0.2, -0.15) is 0 Å². The molecule has 0 spiro atoms. The molecule has 0 heterocycles. The van der Waals surface area contributed by atoms with E-state index in [4.69, 9.17) is 0 Å². The molecule has 0 fully saturated rings. The average Bonchev–Trinajstić information content (AvgIpc) is 0. The van der Waals surface area contributed by atoms with Crippen LogP contribution in [0, 0.1) is 0 Å². The van der Waals surface area contributed by atoms with Gasteiger partial charge in [0.05, 0.1) is 0 Å². The second-order valence-electron chi connectivity index (χ2n) is 0. The third-order valence-electron chi connectivity index (χ3n) is 0. The average molecular weight is 520 g/mol. The first kappa shape index (κ1) is 29.8. The molecule has 0 aliphatic carbocycles. The van der Waals surface area contributed by atoms with Crippen molar-refractivity contribution in [2.24, 2.45) is 0 Å². The van der Waals surface area contributed by atoms with E-state index >= 15 is 0 Å². The fourth-order valence-electron chi connectivity index (χ4n) is 0. The van der Waals surface area contributed by atoms with Gasteiger partial charge in [-0.05, 0) is 0 Å². The Kier molecular flexibility index (Phi) is 128. The standard InChI is InChI=1S/Be.Bi.Nb.Tl.5H/q+2;;;;;;;2*-1. The minimum absolute atomic E-state index is 0. The molecule has 0 amide bonds. The minimum atomic E-state index is 0. The SMILES string of the molecule is [Be+2].[BiH3].[H-].[H-].[Nb].[Tl]. The van der Waals surface area contributed by atoms with Crippen LogP contribution in [0.3, 0.4) is 0 Å².